The summed E-state index contributed by atoms with van der Waals surface area (Å²) in [5, 5.41) is 0. The van der Waals surface area contributed by atoms with Crippen molar-refractivity contribution in [3.05, 3.63) is 0 Å². The minimum absolute atomic E-state index is 0. The number of carbonyl (C=O) groups is 2. The van der Waals surface area contributed by atoms with E-state index in [1.165, 1.54) is 4.90 Å². The molecule has 2 fully saturated rings. The number of nitrogens with zero attached hydrogens (tertiary/aromatic N) is 2. The molecular weight excluding hydrogens is 266 g/mol. The molecule has 0 radical (unpaired) electrons. The van der Waals surface area contributed by atoms with Crippen molar-refractivity contribution < 1.29 is 9.59 Å². The molecule has 2 heterocycles. The highest BCUT2D eigenvalue weighted by molar-refractivity contribution is 6.01. The maximum atomic E-state index is 11.5. The minimum Gasteiger partial charge on any atom is -0.327 e. The van der Waals surface area contributed by atoms with E-state index in [0.717, 1.165) is 26.1 Å². The topological polar surface area (TPSA) is 66.6 Å². The van der Waals surface area contributed by atoms with Crippen molar-refractivity contribution >= 4 is 24.2 Å². The van der Waals surface area contributed by atoms with Crippen LogP contribution in [-0.4, -0.2) is 53.8 Å². The van der Waals surface area contributed by atoms with E-state index in [4.69, 9.17) is 5.73 Å². The van der Waals surface area contributed by atoms with Gasteiger partial charge in [-0.2, -0.15) is 0 Å². The fourth-order valence-corrected chi connectivity index (χ4v) is 2.79. The Morgan fingerprint density at radius 3 is 2.32 bits per heavy atom. The molecule has 0 aromatic rings. The predicted octanol–water partition coefficient (Wildman–Crippen LogP) is 0.616. The van der Waals surface area contributed by atoms with Crippen LogP contribution < -0.4 is 5.73 Å². The van der Waals surface area contributed by atoms with Gasteiger partial charge in [-0.15, -0.1) is 12.4 Å². The highest BCUT2D eigenvalue weighted by Gasteiger charge is 2.34. The van der Waals surface area contributed by atoms with Crippen LogP contribution in [0.15, 0.2) is 0 Å². The number of hydrogen-bond acceptors (Lipinski definition) is 4. The third-order valence-electron chi connectivity index (χ3n) is 4.19. The Balaban J connectivity index is 0.00000180. The van der Waals surface area contributed by atoms with Crippen molar-refractivity contribution in [2.75, 3.05) is 26.2 Å². The molecule has 1 unspecified atom stereocenters. The standard InChI is InChI=1S/C13H23N3O2.ClH/c1-13(2)9-15(6-5-10(13)14)7-8-16-11(17)3-4-12(16)18;/h10H,3-9,14H2,1-2H3;1H. The first kappa shape index (κ1) is 16.4. The Hall–Kier alpha value is -0.650. The highest BCUT2D eigenvalue weighted by atomic mass is 35.5. The second-order valence-corrected chi connectivity index (χ2v) is 6.10. The van der Waals surface area contributed by atoms with E-state index in [0.29, 0.717) is 19.4 Å². The van der Waals surface area contributed by atoms with Gasteiger partial charge in [-0.05, 0) is 18.4 Å². The number of hydrogen-bond donors (Lipinski definition) is 1. The summed E-state index contributed by atoms with van der Waals surface area (Å²) in [6, 6.07) is 0.240. The number of halogens is 1. The normalized spacial score (nSPS) is 27.5. The van der Waals surface area contributed by atoms with E-state index < -0.39 is 0 Å². The minimum atomic E-state index is -0.0204. The lowest BCUT2D eigenvalue weighted by Gasteiger charge is -2.42. The predicted molar refractivity (Wildman–Crippen MR) is 76.0 cm³/mol. The summed E-state index contributed by atoms with van der Waals surface area (Å²) in [6.45, 7) is 7.55. The SMILES string of the molecule is CC1(C)CN(CCN2C(=O)CCC2=O)CCC1N.Cl. The van der Waals surface area contributed by atoms with Gasteiger partial charge < -0.3 is 10.6 Å². The first-order valence-electron chi connectivity index (χ1n) is 6.71. The van der Waals surface area contributed by atoms with E-state index in [-0.39, 0.29) is 35.7 Å². The molecule has 2 aliphatic heterocycles. The molecule has 2 rings (SSSR count). The molecule has 5 nitrogen and oxygen atoms in total. The van der Waals surface area contributed by atoms with Crippen LogP contribution in [0, 0.1) is 5.41 Å². The van der Waals surface area contributed by atoms with Gasteiger partial charge in [0.2, 0.25) is 11.8 Å². The first-order chi connectivity index (χ1) is 8.40. The van der Waals surface area contributed by atoms with Crippen molar-refractivity contribution in [1.82, 2.24) is 9.80 Å². The quantitative estimate of drug-likeness (QED) is 0.774. The average Bonchev–Trinajstić information content (AvgIpc) is 2.61. The van der Waals surface area contributed by atoms with E-state index in [9.17, 15) is 9.59 Å². The van der Waals surface area contributed by atoms with Crippen molar-refractivity contribution in [3.63, 3.8) is 0 Å². The molecule has 2 saturated heterocycles. The van der Waals surface area contributed by atoms with Crippen LogP contribution in [0.4, 0.5) is 0 Å². The molecule has 0 aliphatic carbocycles. The summed E-state index contributed by atoms with van der Waals surface area (Å²) in [6.07, 6.45) is 1.75. The van der Waals surface area contributed by atoms with Crippen LogP contribution in [-0.2, 0) is 9.59 Å². The maximum Gasteiger partial charge on any atom is 0.229 e. The second kappa shape index (κ2) is 6.20. The van der Waals surface area contributed by atoms with Gasteiger partial charge in [-0.3, -0.25) is 14.5 Å². The van der Waals surface area contributed by atoms with Gasteiger partial charge >= 0.3 is 0 Å². The lowest BCUT2D eigenvalue weighted by molar-refractivity contribution is -0.138. The van der Waals surface area contributed by atoms with Crippen LogP contribution in [0.1, 0.15) is 33.1 Å². The second-order valence-electron chi connectivity index (χ2n) is 6.10. The number of piperidine rings is 1. The van der Waals surface area contributed by atoms with Gasteiger partial charge in [0.1, 0.15) is 0 Å². The Morgan fingerprint density at radius 2 is 1.79 bits per heavy atom. The van der Waals surface area contributed by atoms with E-state index in [2.05, 4.69) is 18.7 Å². The summed E-state index contributed by atoms with van der Waals surface area (Å²) in [5.74, 6) is -0.0408. The lowest BCUT2D eigenvalue weighted by Crippen LogP contribution is -2.53. The third kappa shape index (κ3) is 3.68. The fraction of sp³-hybridized carbons (Fsp3) is 0.846. The van der Waals surface area contributed by atoms with Crippen molar-refractivity contribution in [3.8, 4) is 0 Å². The Labute approximate surface area is 120 Å². The van der Waals surface area contributed by atoms with Crippen molar-refractivity contribution in [1.29, 1.82) is 0 Å². The number of carbonyl (C=O) groups excluding carboxylic acids is 2. The molecule has 2 N–H and O–H groups in total. The van der Waals surface area contributed by atoms with Crippen LogP contribution in [0.25, 0.3) is 0 Å². The van der Waals surface area contributed by atoms with Crippen LogP contribution in [0.3, 0.4) is 0 Å². The average molecular weight is 290 g/mol. The molecule has 0 aromatic heterocycles. The van der Waals surface area contributed by atoms with E-state index in [1.54, 1.807) is 0 Å². The fourth-order valence-electron chi connectivity index (χ4n) is 2.79. The number of nitrogens with two attached hydrogens (primary N) is 1. The van der Waals surface area contributed by atoms with Crippen LogP contribution >= 0.6 is 12.4 Å². The van der Waals surface area contributed by atoms with Gasteiger partial charge in [0.05, 0.1) is 0 Å². The molecule has 110 valence electrons. The lowest BCUT2D eigenvalue weighted by atomic mass is 9.80. The highest BCUT2D eigenvalue weighted by Crippen LogP contribution is 2.27. The first-order valence-corrected chi connectivity index (χ1v) is 6.71. The molecule has 6 heteroatoms. The molecule has 0 aromatic carbocycles. The molecular formula is C13H24ClN3O2. The molecule has 0 spiro atoms. The molecule has 0 saturated carbocycles. The zero-order valence-corrected chi connectivity index (χ0v) is 12.5. The van der Waals surface area contributed by atoms with Gasteiger partial charge in [0.15, 0.2) is 0 Å². The van der Waals surface area contributed by atoms with Crippen molar-refractivity contribution in [2.45, 2.75) is 39.2 Å². The Morgan fingerprint density at radius 1 is 1.21 bits per heavy atom. The zero-order chi connectivity index (χ0) is 13.3. The molecule has 0 bridgehead atoms. The van der Waals surface area contributed by atoms with Crippen LogP contribution in [0.2, 0.25) is 0 Å². The number of amides is 2. The Kier molecular flexibility index (Phi) is 5.35. The zero-order valence-electron chi connectivity index (χ0n) is 11.7. The monoisotopic (exact) mass is 289 g/mol. The summed E-state index contributed by atoms with van der Waals surface area (Å²) in [5.41, 5.74) is 6.20. The number of likely N-dealkylation sites (tertiary alicyclic amines) is 2. The molecule has 2 amide bonds. The summed E-state index contributed by atoms with van der Waals surface area (Å²) in [7, 11) is 0. The summed E-state index contributed by atoms with van der Waals surface area (Å²) in [4.78, 5) is 26.7. The number of rotatable bonds is 3. The largest absolute Gasteiger partial charge is 0.327 e. The van der Waals surface area contributed by atoms with Crippen molar-refractivity contribution in [2.24, 2.45) is 11.1 Å². The molecule has 2 aliphatic rings. The van der Waals surface area contributed by atoms with E-state index in [1.807, 2.05) is 0 Å². The molecule has 19 heavy (non-hydrogen) atoms. The Bertz CT molecular complexity index is 344. The molecule has 1 atom stereocenters. The van der Waals surface area contributed by atoms with E-state index >= 15 is 0 Å². The van der Waals surface area contributed by atoms with Gasteiger partial charge in [0, 0.05) is 38.5 Å². The van der Waals surface area contributed by atoms with Gasteiger partial charge in [0.25, 0.3) is 0 Å². The third-order valence-corrected chi connectivity index (χ3v) is 4.19. The van der Waals surface area contributed by atoms with Crippen LogP contribution in [0.5, 0.6) is 0 Å². The van der Waals surface area contributed by atoms with Gasteiger partial charge in [-0.1, -0.05) is 13.8 Å². The maximum absolute atomic E-state index is 11.5. The smallest absolute Gasteiger partial charge is 0.229 e. The summed E-state index contributed by atoms with van der Waals surface area (Å²) >= 11 is 0. The summed E-state index contributed by atoms with van der Waals surface area (Å²) < 4.78 is 0. The van der Waals surface area contributed by atoms with Gasteiger partial charge in [-0.25, -0.2) is 0 Å². The number of imide groups is 1.